The molecule has 4 N–H and O–H groups in total. The Kier molecular flexibility index (Phi) is 6.30. The number of fused-ring (bicyclic) bond motifs is 5. The fourth-order valence-corrected chi connectivity index (χ4v) is 9.16. The van der Waals surface area contributed by atoms with Gasteiger partial charge >= 0.3 is 0 Å². The maximum atomic E-state index is 10.8. The smallest absolute Gasteiger partial charge is 0.0639 e. The summed E-state index contributed by atoms with van der Waals surface area (Å²) >= 11 is 0. The molecule has 3 saturated carbocycles. The molecule has 0 saturated heterocycles. The maximum absolute atomic E-state index is 10.8. The van der Waals surface area contributed by atoms with Crippen LogP contribution in [-0.2, 0) is 0 Å². The van der Waals surface area contributed by atoms with E-state index in [-0.39, 0.29) is 34.5 Å². The molecule has 0 bridgehead atoms. The van der Waals surface area contributed by atoms with Crippen LogP contribution in [-0.4, -0.2) is 28.5 Å². The van der Waals surface area contributed by atoms with Crippen molar-refractivity contribution in [3.8, 4) is 0 Å². The Morgan fingerprint density at radius 3 is 2.56 bits per heavy atom. The molecule has 3 fully saturated rings. The highest BCUT2D eigenvalue weighted by molar-refractivity contribution is 5.35. The lowest BCUT2D eigenvalue weighted by atomic mass is 9.42. The first-order valence-electron chi connectivity index (χ1n) is 13.4. The van der Waals surface area contributed by atoms with Crippen molar-refractivity contribution in [3.05, 3.63) is 23.3 Å². The van der Waals surface area contributed by atoms with Crippen molar-refractivity contribution in [1.29, 1.82) is 0 Å². The molecule has 0 heterocycles. The van der Waals surface area contributed by atoms with E-state index in [9.17, 15) is 10.2 Å². The zero-order chi connectivity index (χ0) is 23.5. The summed E-state index contributed by atoms with van der Waals surface area (Å²) in [7, 11) is 0. The predicted octanol–water partition coefficient (Wildman–Crippen LogP) is 6.00. The Labute approximate surface area is 196 Å². The summed E-state index contributed by atoms with van der Waals surface area (Å²) in [4.78, 5) is 0. The van der Waals surface area contributed by atoms with E-state index in [1.165, 1.54) is 19.3 Å². The quantitative estimate of drug-likeness (QED) is 0.457. The van der Waals surface area contributed by atoms with Crippen LogP contribution in [0.3, 0.4) is 0 Å². The van der Waals surface area contributed by atoms with Crippen molar-refractivity contribution in [2.24, 2.45) is 45.7 Å². The lowest BCUT2D eigenvalue weighted by Crippen LogP contribution is -2.63. The van der Waals surface area contributed by atoms with Crippen LogP contribution in [0.5, 0.6) is 0 Å². The minimum atomic E-state index is -0.177. The number of hydrogen-bond acceptors (Lipinski definition) is 3. The van der Waals surface area contributed by atoms with E-state index < -0.39 is 0 Å². The molecule has 0 aliphatic heterocycles. The molecule has 32 heavy (non-hydrogen) atoms. The van der Waals surface area contributed by atoms with Crippen LogP contribution >= 0.6 is 0 Å². The second kappa shape index (κ2) is 8.24. The number of aliphatic hydroxyl groups excluding tert-OH is 2. The summed E-state index contributed by atoms with van der Waals surface area (Å²) in [6.45, 7) is 14.2. The molecule has 4 rings (SSSR count). The third-order valence-corrected chi connectivity index (χ3v) is 11.4. The van der Waals surface area contributed by atoms with Crippen LogP contribution < -0.4 is 5.73 Å². The molecule has 3 nitrogen and oxygen atoms in total. The van der Waals surface area contributed by atoms with Gasteiger partial charge in [-0.1, -0.05) is 57.9 Å². The van der Waals surface area contributed by atoms with Crippen LogP contribution in [0, 0.1) is 39.9 Å². The van der Waals surface area contributed by atoms with Crippen molar-refractivity contribution in [2.75, 3.05) is 6.61 Å². The third kappa shape index (κ3) is 3.40. The van der Waals surface area contributed by atoms with Gasteiger partial charge < -0.3 is 15.9 Å². The molecule has 0 radical (unpaired) electrons. The monoisotopic (exact) mass is 443 g/mol. The first-order valence-corrected chi connectivity index (χ1v) is 13.4. The van der Waals surface area contributed by atoms with Crippen molar-refractivity contribution in [3.63, 3.8) is 0 Å². The average molecular weight is 444 g/mol. The number of aliphatic hydroxyl groups is 2. The second-order valence-corrected chi connectivity index (χ2v) is 13.2. The van der Waals surface area contributed by atoms with Crippen LogP contribution in [0.25, 0.3) is 0 Å². The molecule has 0 aromatic carbocycles. The minimum absolute atomic E-state index is 0.0138. The van der Waals surface area contributed by atoms with Gasteiger partial charge in [0, 0.05) is 11.0 Å². The van der Waals surface area contributed by atoms with E-state index in [4.69, 9.17) is 5.73 Å². The van der Waals surface area contributed by atoms with Gasteiger partial charge in [0.2, 0.25) is 0 Å². The first kappa shape index (κ1) is 24.5. The number of hydrogen-bond donors (Lipinski definition) is 3. The molecule has 3 heteroatoms. The number of allylic oxidation sites excluding steroid dienone is 2. The lowest BCUT2D eigenvalue weighted by Gasteiger charge is -2.64. The van der Waals surface area contributed by atoms with Crippen LogP contribution in [0.4, 0.5) is 0 Å². The van der Waals surface area contributed by atoms with Crippen LogP contribution in [0.15, 0.2) is 23.3 Å². The average Bonchev–Trinajstić information content (AvgIpc) is 3.02. The zero-order valence-corrected chi connectivity index (χ0v) is 21.6. The highest BCUT2D eigenvalue weighted by Gasteiger charge is 2.65. The molecule has 0 spiro atoms. The molecule has 3 unspecified atom stereocenters. The van der Waals surface area contributed by atoms with Crippen molar-refractivity contribution >= 4 is 0 Å². The van der Waals surface area contributed by atoms with Gasteiger partial charge in [-0.3, -0.25) is 0 Å². The number of nitrogens with two attached hydrogens (primary N) is 1. The topological polar surface area (TPSA) is 66.5 Å². The maximum Gasteiger partial charge on any atom is 0.0639 e. The number of rotatable bonds is 5. The predicted molar refractivity (Wildman–Crippen MR) is 133 cm³/mol. The fourth-order valence-electron chi connectivity index (χ4n) is 9.16. The summed E-state index contributed by atoms with van der Waals surface area (Å²) in [6, 6.07) is 0. The van der Waals surface area contributed by atoms with Gasteiger partial charge in [0.1, 0.15) is 0 Å². The van der Waals surface area contributed by atoms with Gasteiger partial charge in [-0.05, 0) is 99.2 Å². The molecule has 0 aromatic rings. The largest absolute Gasteiger partial charge is 0.393 e. The normalized spacial score (nSPS) is 46.7. The van der Waals surface area contributed by atoms with Gasteiger partial charge in [-0.15, -0.1) is 0 Å². The molecular weight excluding hydrogens is 394 g/mol. The van der Waals surface area contributed by atoms with Gasteiger partial charge in [-0.25, -0.2) is 0 Å². The van der Waals surface area contributed by atoms with Crippen molar-refractivity contribution in [2.45, 2.75) is 111 Å². The Morgan fingerprint density at radius 1 is 1.16 bits per heavy atom. The molecule has 0 aromatic heterocycles. The molecule has 0 amide bonds. The van der Waals surface area contributed by atoms with E-state index in [2.05, 4.69) is 46.8 Å². The van der Waals surface area contributed by atoms with Gasteiger partial charge in [-0.2, -0.15) is 0 Å². The molecule has 182 valence electrons. The van der Waals surface area contributed by atoms with Gasteiger partial charge in [0.15, 0.2) is 0 Å². The van der Waals surface area contributed by atoms with E-state index in [0.717, 1.165) is 44.1 Å². The summed E-state index contributed by atoms with van der Waals surface area (Å²) in [5, 5.41) is 20.1. The summed E-state index contributed by atoms with van der Waals surface area (Å²) in [5.41, 5.74) is 10.5. The minimum Gasteiger partial charge on any atom is -0.393 e. The highest BCUT2D eigenvalue weighted by atomic mass is 16.3. The molecular formula is C29H49NO2. The SMILES string of the molecule is C/C(=C/CCC(C)[C@@H]1CC[C@]2(C)C3=CCC4C(C)(C)[C@H](O)CC[C@]4(C)C3CC[C@@]12N)CO. The molecule has 8 atom stereocenters. The highest BCUT2D eigenvalue weighted by Crippen LogP contribution is 2.69. The van der Waals surface area contributed by atoms with Gasteiger partial charge in [0.05, 0.1) is 12.7 Å². The van der Waals surface area contributed by atoms with E-state index in [0.29, 0.717) is 23.7 Å². The van der Waals surface area contributed by atoms with E-state index in [1.54, 1.807) is 5.57 Å². The lowest BCUT2D eigenvalue weighted by molar-refractivity contribution is -0.126. The Morgan fingerprint density at radius 2 is 1.88 bits per heavy atom. The second-order valence-electron chi connectivity index (χ2n) is 13.2. The Hall–Kier alpha value is -0.640. The van der Waals surface area contributed by atoms with Crippen molar-refractivity contribution < 1.29 is 10.2 Å². The fraction of sp³-hybridized carbons (Fsp3) is 0.862. The zero-order valence-electron chi connectivity index (χ0n) is 21.6. The van der Waals surface area contributed by atoms with Gasteiger partial charge in [0.25, 0.3) is 0 Å². The van der Waals surface area contributed by atoms with Crippen LogP contribution in [0.2, 0.25) is 0 Å². The van der Waals surface area contributed by atoms with Crippen molar-refractivity contribution in [1.82, 2.24) is 0 Å². The molecule has 4 aliphatic rings. The first-order chi connectivity index (χ1) is 14.9. The van der Waals surface area contributed by atoms with E-state index >= 15 is 0 Å². The Bertz CT molecular complexity index is 784. The summed E-state index contributed by atoms with van der Waals surface area (Å²) < 4.78 is 0. The van der Waals surface area contributed by atoms with E-state index in [1.807, 2.05) is 6.92 Å². The standard InChI is InChI=1S/C29H49NO2/c1-19(18-31)8-7-9-20(2)21-12-16-28(6)23-10-11-24-26(3,4)25(32)14-15-27(24,5)22(23)13-17-29(21,28)30/h8,10,20-22,24-25,31-32H,7,9,11-18,30H2,1-6H3/b19-8-/t20?,21-,22?,24?,25+,27+,28+,29+/m0/s1. The third-order valence-electron chi connectivity index (χ3n) is 11.4. The summed E-state index contributed by atoms with van der Waals surface area (Å²) in [6.07, 6.45) is 14.8. The Balaban J connectivity index is 1.59. The molecule has 4 aliphatic carbocycles. The summed E-state index contributed by atoms with van der Waals surface area (Å²) in [5.74, 6) is 2.36. The van der Waals surface area contributed by atoms with Crippen LogP contribution in [0.1, 0.15) is 99.3 Å².